The van der Waals surface area contributed by atoms with Crippen LogP contribution in [-0.2, 0) is 19.1 Å². The zero-order valence-electron chi connectivity index (χ0n) is 21.5. The van der Waals surface area contributed by atoms with E-state index in [1.807, 2.05) is 50.2 Å². The molecule has 1 heterocycles. The summed E-state index contributed by atoms with van der Waals surface area (Å²) in [6.45, 7) is 3.38. The monoisotopic (exact) mass is 510 g/mol. The van der Waals surface area contributed by atoms with E-state index in [-0.39, 0.29) is 35.1 Å². The zero-order valence-corrected chi connectivity index (χ0v) is 21.5. The molecule has 7 nitrogen and oxygen atoms in total. The highest BCUT2D eigenvalue weighted by Crippen LogP contribution is 2.45. The van der Waals surface area contributed by atoms with Gasteiger partial charge < -0.3 is 10.1 Å². The molecule has 0 bridgehead atoms. The van der Waals surface area contributed by atoms with Crippen LogP contribution in [0, 0.1) is 25.7 Å². The zero-order chi connectivity index (χ0) is 26.8. The maximum atomic E-state index is 13.3. The lowest BCUT2D eigenvalue weighted by Crippen LogP contribution is -2.30. The molecule has 0 spiro atoms. The number of fused-ring (bicyclic) bond motifs is 1. The lowest BCUT2D eigenvalue weighted by Gasteiger charge is -2.28. The van der Waals surface area contributed by atoms with Gasteiger partial charge >= 0.3 is 5.97 Å². The van der Waals surface area contributed by atoms with Gasteiger partial charge in [-0.2, -0.15) is 0 Å². The number of imide groups is 1. The summed E-state index contributed by atoms with van der Waals surface area (Å²) in [6.07, 6.45) is 2.21. The molecule has 3 atom stereocenters. The van der Waals surface area contributed by atoms with Crippen molar-refractivity contribution in [3.8, 4) is 0 Å². The molecule has 3 aromatic carbocycles. The minimum Gasteiger partial charge on any atom is -0.452 e. The molecule has 1 aliphatic carbocycles. The number of aryl methyl sites for hydroxylation is 2. The number of benzene rings is 3. The topological polar surface area (TPSA) is 92.8 Å². The van der Waals surface area contributed by atoms with Gasteiger partial charge in [0.15, 0.2) is 6.61 Å². The Labute approximate surface area is 221 Å². The Morgan fingerprint density at radius 3 is 2.34 bits per heavy atom. The molecule has 5 rings (SSSR count). The van der Waals surface area contributed by atoms with Crippen molar-refractivity contribution in [2.45, 2.75) is 39.0 Å². The van der Waals surface area contributed by atoms with Crippen molar-refractivity contribution in [2.75, 3.05) is 16.8 Å². The first-order chi connectivity index (χ1) is 18.3. The fourth-order valence-corrected chi connectivity index (χ4v) is 5.48. The van der Waals surface area contributed by atoms with Crippen LogP contribution >= 0.6 is 0 Å². The van der Waals surface area contributed by atoms with Gasteiger partial charge in [0.1, 0.15) is 0 Å². The van der Waals surface area contributed by atoms with Crippen LogP contribution in [0.15, 0.2) is 72.8 Å². The van der Waals surface area contributed by atoms with Crippen LogP contribution in [0.25, 0.3) is 0 Å². The van der Waals surface area contributed by atoms with Crippen LogP contribution in [0.4, 0.5) is 11.4 Å². The molecule has 0 aromatic heterocycles. The molecule has 1 aliphatic heterocycles. The second-order valence-corrected chi connectivity index (χ2v) is 10.1. The number of anilines is 2. The summed E-state index contributed by atoms with van der Waals surface area (Å²) < 4.78 is 5.17. The maximum Gasteiger partial charge on any atom is 0.338 e. The van der Waals surface area contributed by atoms with E-state index in [1.165, 1.54) is 22.6 Å². The average Bonchev–Trinajstić information content (AvgIpc) is 3.19. The Balaban J connectivity index is 1.20. The predicted molar refractivity (Wildman–Crippen MR) is 144 cm³/mol. The molecular weight excluding hydrogens is 480 g/mol. The summed E-state index contributed by atoms with van der Waals surface area (Å²) >= 11 is 0. The largest absolute Gasteiger partial charge is 0.452 e. The first-order valence-corrected chi connectivity index (χ1v) is 12.9. The highest BCUT2D eigenvalue weighted by molar-refractivity contribution is 6.22. The molecule has 2 fully saturated rings. The summed E-state index contributed by atoms with van der Waals surface area (Å²) in [5.41, 5.74) is 4.46. The Bertz CT molecular complexity index is 1380. The Kier molecular flexibility index (Phi) is 7.09. The molecule has 3 aromatic rings. The van der Waals surface area contributed by atoms with Gasteiger partial charge in [-0.1, -0.05) is 42.5 Å². The van der Waals surface area contributed by atoms with Crippen LogP contribution in [0.1, 0.15) is 52.2 Å². The second-order valence-electron chi connectivity index (χ2n) is 10.1. The Hall–Kier alpha value is -4.26. The minimum absolute atomic E-state index is 0.176. The number of hydrogen-bond donors (Lipinski definition) is 1. The lowest BCUT2D eigenvalue weighted by atomic mass is 9.73. The number of amides is 3. The third-order valence-corrected chi connectivity index (χ3v) is 7.56. The number of rotatable bonds is 6. The Morgan fingerprint density at radius 2 is 1.61 bits per heavy atom. The fraction of sp³-hybridized carbons (Fsp3) is 0.290. The Morgan fingerprint density at radius 1 is 0.895 bits per heavy atom. The summed E-state index contributed by atoms with van der Waals surface area (Å²) in [5.74, 6) is -1.83. The van der Waals surface area contributed by atoms with E-state index in [0.717, 1.165) is 17.5 Å². The van der Waals surface area contributed by atoms with Crippen molar-refractivity contribution in [3.63, 3.8) is 0 Å². The fourth-order valence-electron chi connectivity index (χ4n) is 5.48. The van der Waals surface area contributed by atoms with E-state index in [2.05, 4.69) is 17.4 Å². The van der Waals surface area contributed by atoms with Crippen LogP contribution in [0.5, 0.6) is 0 Å². The van der Waals surface area contributed by atoms with E-state index >= 15 is 0 Å². The predicted octanol–water partition coefficient (Wildman–Crippen LogP) is 5.17. The molecular formula is C31H30N2O5. The van der Waals surface area contributed by atoms with Gasteiger partial charge in [0.2, 0.25) is 11.8 Å². The molecule has 1 saturated carbocycles. The SMILES string of the molecule is Cc1ccc(C)c(NC(=O)COC(=O)c2ccc(N3C(=O)[C@H]4C[C@H](c5ccccc5)CC[C@H]4C3=O)cc2)c1. The molecule has 0 radical (unpaired) electrons. The first kappa shape index (κ1) is 25.4. The van der Waals surface area contributed by atoms with E-state index in [9.17, 15) is 19.2 Å². The summed E-state index contributed by atoms with van der Waals surface area (Å²) in [4.78, 5) is 52.5. The van der Waals surface area contributed by atoms with Crippen LogP contribution in [0.2, 0.25) is 0 Å². The molecule has 194 valence electrons. The van der Waals surface area contributed by atoms with Crippen molar-refractivity contribution in [1.82, 2.24) is 0 Å². The lowest BCUT2D eigenvalue weighted by molar-refractivity contribution is -0.122. The van der Waals surface area contributed by atoms with Gasteiger partial charge in [0, 0.05) is 5.69 Å². The van der Waals surface area contributed by atoms with Crippen molar-refractivity contribution in [2.24, 2.45) is 11.8 Å². The highest BCUT2D eigenvalue weighted by atomic mass is 16.5. The van der Waals surface area contributed by atoms with E-state index < -0.39 is 18.5 Å². The van der Waals surface area contributed by atoms with Crippen molar-refractivity contribution < 1.29 is 23.9 Å². The first-order valence-electron chi connectivity index (χ1n) is 12.9. The van der Waals surface area contributed by atoms with Gasteiger partial charge in [0.05, 0.1) is 23.1 Å². The summed E-state index contributed by atoms with van der Waals surface area (Å²) in [5, 5.41) is 2.75. The van der Waals surface area contributed by atoms with E-state index in [1.54, 1.807) is 12.1 Å². The maximum absolute atomic E-state index is 13.3. The molecule has 1 N–H and O–H groups in total. The number of nitrogens with one attached hydrogen (secondary N) is 1. The number of carbonyl (C=O) groups is 4. The van der Waals surface area contributed by atoms with Crippen molar-refractivity contribution >= 4 is 35.1 Å². The number of esters is 1. The quantitative estimate of drug-likeness (QED) is 0.365. The van der Waals surface area contributed by atoms with Crippen molar-refractivity contribution in [1.29, 1.82) is 0 Å². The normalized spacial score (nSPS) is 20.7. The van der Waals surface area contributed by atoms with E-state index in [0.29, 0.717) is 24.2 Å². The minimum atomic E-state index is -0.661. The van der Waals surface area contributed by atoms with Gasteiger partial charge in [-0.15, -0.1) is 0 Å². The molecule has 0 unspecified atom stereocenters. The van der Waals surface area contributed by atoms with Gasteiger partial charge in [-0.05, 0) is 86.1 Å². The van der Waals surface area contributed by atoms with Crippen LogP contribution in [-0.4, -0.2) is 30.3 Å². The third kappa shape index (κ3) is 5.09. The molecule has 1 saturated heterocycles. The molecule has 38 heavy (non-hydrogen) atoms. The van der Waals surface area contributed by atoms with Gasteiger partial charge in [-0.25, -0.2) is 4.79 Å². The smallest absolute Gasteiger partial charge is 0.338 e. The number of carbonyl (C=O) groups excluding carboxylic acids is 4. The number of hydrogen-bond acceptors (Lipinski definition) is 5. The van der Waals surface area contributed by atoms with Gasteiger partial charge in [0.25, 0.3) is 5.91 Å². The van der Waals surface area contributed by atoms with Crippen LogP contribution in [0.3, 0.4) is 0 Å². The summed E-state index contributed by atoms with van der Waals surface area (Å²) in [6, 6.07) is 22.0. The van der Waals surface area contributed by atoms with Crippen LogP contribution < -0.4 is 10.2 Å². The summed E-state index contributed by atoms with van der Waals surface area (Å²) in [7, 11) is 0. The third-order valence-electron chi connectivity index (χ3n) is 7.56. The average molecular weight is 511 g/mol. The van der Waals surface area contributed by atoms with Crippen molar-refractivity contribution in [3.05, 3.63) is 95.1 Å². The molecule has 2 aliphatic rings. The molecule has 3 amide bonds. The molecule has 7 heteroatoms. The number of nitrogens with zero attached hydrogens (tertiary/aromatic N) is 1. The standard InChI is InChI=1S/C31H30N2O5/c1-19-8-9-20(2)27(16-19)32-28(34)18-38-31(37)22-10-13-24(14-11-22)33-29(35)25-15-12-23(17-26(25)30(33)36)21-6-4-3-5-7-21/h3-11,13-14,16,23,25-26H,12,15,17-18H2,1-2H3,(H,32,34)/t23-,25-,26+/m1/s1. The second kappa shape index (κ2) is 10.6. The van der Waals surface area contributed by atoms with E-state index in [4.69, 9.17) is 4.74 Å². The highest BCUT2D eigenvalue weighted by Gasteiger charge is 2.50. The number of ether oxygens (including phenoxy) is 1. The van der Waals surface area contributed by atoms with Gasteiger partial charge in [-0.3, -0.25) is 19.3 Å².